The molecule has 0 atom stereocenters. The fourth-order valence-electron chi connectivity index (χ4n) is 3.86. The van der Waals surface area contributed by atoms with Crippen LogP contribution in [0.4, 0.5) is 0 Å². The van der Waals surface area contributed by atoms with Gasteiger partial charge >= 0.3 is 0 Å². The third kappa shape index (κ3) is 5.60. The van der Waals surface area contributed by atoms with E-state index >= 15 is 0 Å². The zero-order valence-corrected chi connectivity index (χ0v) is 18.8. The lowest BCUT2D eigenvalue weighted by atomic mass is 9.97. The molecule has 0 radical (unpaired) electrons. The zero-order chi connectivity index (χ0) is 21.3. The molecule has 3 aromatic rings. The maximum atomic E-state index is 13.1. The van der Waals surface area contributed by atoms with Gasteiger partial charge in [0.15, 0.2) is 0 Å². The molecular formula is C26H31ClN2O. The van der Waals surface area contributed by atoms with Crippen molar-refractivity contribution in [2.75, 3.05) is 6.54 Å². The Morgan fingerprint density at radius 3 is 2.33 bits per heavy atom. The maximum Gasteiger partial charge on any atom is 0.252 e. The largest absolute Gasteiger partial charge is 0.352 e. The molecule has 0 aliphatic rings. The van der Waals surface area contributed by atoms with Gasteiger partial charge in [-0.1, -0.05) is 87.4 Å². The quantitative estimate of drug-likeness (QED) is 0.347. The first kappa shape index (κ1) is 22.3. The molecule has 1 heterocycles. The molecule has 0 aliphatic heterocycles. The summed E-state index contributed by atoms with van der Waals surface area (Å²) in [5.74, 6) is -0.0210. The van der Waals surface area contributed by atoms with Crippen LogP contribution in [0.2, 0.25) is 5.02 Å². The van der Waals surface area contributed by atoms with Crippen LogP contribution >= 0.6 is 11.6 Å². The molecule has 0 aliphatic carbocycles. The van der Waals surface area contributed by atoms with Crippen molar-refractivity contribution in [3.8, 4) is 11.3 Å². The van der Waals surface area contributed by atoms with E-state index in [1.54, 1.807) is 0 Å². The maximum absolute atomic E-state index is 13.1. The van der Waals surface area contributed by atoms with Crippen LogP contribution in [0.3, 0.4) is 0 Å². The van der Waals surface area contributed by atoms with Crippen molar-refractivity contribution < 1.29 is 4.79 Å². The van der Waals surface area contributed by atoms with Crippen LogP contribution in [0.25, 0.3) is 22.2 Å². The Morgan fingerprint density at radius 2 is 1.60 bits per heavy atom. The molecule has 30 heavy (non-hydrogen) atoms. The monoisotopic (exact) mass is 422 g/mol. The second-order valence-electron chi connectivity index (χ2n) is 7.86. The standard InChI is InChI=1S/C26H31ClN2O/c1-3-4-5-6-7-8-11-18-28-26(30)24-19(2)25(20-14-16-21(27)17-15-20)29-23-13-10-9-12-22(23)24/h9-10,12-17H,3-8,11,18H2,1-2H3,(H,28,30). The normalized spacial score (nSPS) is 11.0. The van der Waals surface area contributed by atoms with Crippen LogP contribution in [0.5, 0.6) is 0 Å². The summed E-state index contributed by atoms with van der Waals surface area (Å²) in [6, 6.07) is 15.5. The lowest BCUT2D eigenvalue weighted by molar-refractivity contribution is 0.0954. The number of carbonyl (C=O) groups excluding carboxylic acids is 1. The van der Waals surface area contributed by atoms with Crippen LogP contribution in [-0.2, 0) is 0 Å². The molecule has 3 nitrogen and oxygen atoms in total. The summed E-state index contributed by atoms with van der Waals surface area (Å²) in [6.45, 7) is 4.92. The average molecular weight is 423 g/mol. The van der Waals surface area contributed by atoms with Crippen molar-refractivity contribution in [1.82, 2.24) is 10.3 Å². The number of nitrogens with zero attached hydrogens (tertiary/aromatic N) is 1. The number of pyridine rings is 1. The van der Waals surface area contributed by atoms with E-state index in [-0.39, 0.29) is 5.91 Å². The molecule has 2 aromatic carbocycles. The lowest BCUT2D eigenvalue weighted by Gasteiger charge is -2.15. The van der Waals surface area contributed by atoms with Gasteiger partial charge in [-0.2, -0.15) is 0 Å². The van der Waals surface area contributed by atoms with Gasteiger partial charge in [0.25, 0.3) is 5.91 Å². The molecule has 0 unspecified atom stereocenters. The van der Waals surface area contributed by atoms with Crippen molar-refractivity contribution in [1.29, 1.82) is 0 Å². The van der Waals surface area contributed by atoms with Gasteiger partial charge in [0.1, 0.15) is 0 Å². The summed E-state index contributed by atoms with van der Waals surface area (Å²) in [6.07, 6.45) is 8.63. The van der Waals surface area contributed by atoms with Crippen LogP contribution in [0, 0.1) is 6.92 Å². The topological polar surface area (TPSA) is 42.0 Å². The van der Waals surface area contributed by atoms with Gasteiger partial charge in [-0.25, -0.2) is 4.98 Å². The first-order valence-corrected chi connectivity index (χ1v) is 11.4. The van der Waals surface area contributed by atoms with E-state index in [0.29, 0.717) is 17.1 Å². The first-order valence-electron chi connectivity index (χ1n) is 11.0. The molecule has 1 aromatic heterocycles. The minimum absolute atomic E-state index is 0.0210. The van der Waals surface area contributed by atoms with Crippen molar-refractivity contribution in [2.24, 2.45) is 0 Å². The first-order chi connectivity index (χ1) is 14.6. The van der Waals surface area contributed by atoms with Gasteiger partial charge in [0, 0.05) is 22.5 Å². The third-order valence-corrected chi connectivity index (χ3v) is 5.80. The van der Waals surface area contributed by atoms with Crippen LogP contribution in [0.15, 0.2) is 48.5 Å². The lowest BCUT2D eigenvalue weighted by Crippen LogP contribution is -2.26. The highest BCUT2D eigenvalue weighted by molar-refractivity contribution is 6.30. The second-order valence-corrected chi connectivity index (χ2v) is 8.30. The number of fused-ring (bicyclic) bond motifs is 1. The fourth-order valence-corrected chi connectivity index (χ4v) is 3.99. The number of aromatic nitrogens is 1. The smallest absolute Gasteiger partial charge is 0.252 e. The van der Waals surface area contributed by atoms with Gasteiger partial charge in [-0.05, 0) is 37.1 Å². The molecule has 158 valence electrons. The number of halogens is 1. The van der Waals surface area contributed by atoms with Gasteiger partial charge in [-0.3, -0.25) is 4.79 Å². The van der Waals surface area contributed by atoms with E-state index in [9.17, 15) is 4.79 Å². The SMILES string of the molecule is CCCCCCCCCNC(=O)c1c(C)c(-c2ccc(Cl)cc2)nc2ccccc12. The highest BCUT2D eigenvalue weighted by atomic mass is 35.5. The number of para-hydroxylation sites is 1. The summed E-state index contributed by atoms with van der Waals surface area (Å²) in [4.78, 5) is 18.0. The minimum atomic E-state index is -0.0210. The molecule has 1 N–H and O–H groups in total. The predicted molar refractivity (Wildman–Crippen MR) is 127 cm³/mol. The highest BCUT2D eigenvalue weighted by Crippen LogP contribution is 2.30. The summed E-state index contributed by atoms with van der Waals surface area (Å²) in [7, 11) is 0. The van der Waals surface area contributed by atoms with E-state index in [4.69, 9.17) is 16.6 Å². The Morgan fingerprint density at radius 1 is 0.933 bits per heavy atom. The number of unbranched alkanes of at least 4 members (excludes halogenated alkanes) is 6. The molecule has 3 rings (SSSR count). The summed E-state index contributed by atoms with van der Waals surface area (Å²) < 4.78 is 0. The minimum Gasteiger partial charge on any atom is -0.352 e. The number of hydrogen-bond donors (Lipinski definition) is 1. The van der Waals surface area contributed by atoms with E-state index in [1.807, 2.05) is 55.5 Å². The Hall–Kier alpha value is -2.39. The summed E-state index contributed by atoms with van der Waals surface area (Å²) in [5.41, 5.74) is 4.23. The Labute approximate surface area is 184 Å². The van der Waals surface area contributed by atoms with E-state index in [2.05, 4.69) is 12.2 Å². The fraction of sp³-hybridized carbons (Fsp3) is 0.385. The Balaban J connectivity index is 1.76. The predicted octanol–water partition coefficient (Wildman–Crippen LogP) is 7.34. The van der Waals surface area contributed by atoms with Gasteiger partial charge in [0.2, 0.25) is 0 Å². The Bertz CT molecular complexity index is 982. The van der Waals surface area contributed by atoms with Crippen molar-refractivity contribution >= 4 is 28.4 Å². The second kappa shape index (κ2) is 11.1. The average Bonchev–Trinajstić information content (AvgIpc) is 2.75. The molecule has 0 spiro atoms. The van der Waals surface area contributed by atoms with Gasteiger partial charge < -0.3 is 5.32 Å². The number of rotatable bonds is 10. The van der Waals surface area contributed by atoms with E-state index in [0.717, 1.165) is 40.6 Å². The molecular weight excluding hydrogens is 392 g/mol. The van der Waals surface area contributed by atoms with Crippen molar-refractivity contribution in [3.05, 3.63) is 64.7 Å². The van der Waals surface area contributed by atoms with E-state index in [1.165, 1.54) is 32.1 Å². The summed E-state index contributed by atoms with van der Waals surface area (Å²) in [5, 5.41) is 4.71. The number of benzene rings is 2. The van der Waals surface area contributed by atoms with Crippen LogP contribution in [-0.4, -0.2) is 17.4 Å². The third-order valence-electron chi connectivity index (χ3n) is 5.55. The van der Waals surface area contributed by atoms with Gasteiger partial charge in [0.05, 0.1) is 16.8 Å². The molecule has 4 heteroatoms. The number of hydrogen-bond acceptors (Lipinski definition) is 2. The Kier molecular flexibility index (Phi) is 8.27. The zero-order valence-electron chi connectivity index (χ0n) is 18.0. The molecule has 0 saturated heterocycles. The molecule has 0 saturated carbocycles. The number of nitrogens with one attached hydrogen (secondary N) is 1. The molecule has 0 bridgehead atoms. The summed E-state index contributed by atoms with van der Waals surface area (Å²) >= 11 is 6.05. The van der Waals surface area contributed by atoms with Crippen molar-refractivity contribution in [3.63, 3.8) is 0 Å². The molecule has 0 fully saturated rings. The highest BCUT2D eigenvalue weighted by Gasteiger charge is 2.18. The number of carbonyl (C=O) groups is 1. The molecule has 1 amide bonds. The van der Waals surface area contributed by atoms with Gasteiger partial charge in [-0.15, -0.1) is 0 Å². The van der Waals surface area contributed by atoms with E-state index < -0.39 is 0 Å². The number of amides is 1. The van der Waals surface area contributed by atoms with Crippen molar-refractivity contribution in [2.45, 2.75) is 58.8 Å². The van der Waals surface area contributed by atoms with Crippen LogP contribution < -0.4 is 5.32 Å². The van der Waals surface area contributed by atoms with Crippen LogP contribution in [0.1, 0.15) is 67.8 Å².